The number of carbonyl (C=O) groups is 1. The Morgan fingerprint density at radius 3 is 2.70 bits per heavy atom. The van der Waals surface area contributed by atoms with Gasteiger partial charge in [-0.3, -0.25) is 4.79 Å². The second-order valence-electron chi connectivity index (χ2n) is 10.8. The first-order chi connectivity index (χ1) is 19.6. The molecule has 2 aromatic heterocycles. The number of likely N-dealkylation sites (tertiary alicyclic amines) is 1. The fraction of sp³-hybridized carbons (Fsp3) is 0.323. The van der Waals surface area contributed by atoms with E-state index in [-0.39, 0.29) is 12.0 Å². The number of benzene rings is 2. The van der Waals surface area contributed by atoms with Crippen molar-refractivity contribution in [2.75, 3.05) is 42.9 Å². The molecule has 4 N–H and O–H groups in total. The summed E-state index contributed by atoms with van der Waals surface area (Å²) in [7, 11) is 0. The van der Waals surface area contributed by atoms with E-state index in [0.717, 1.165) is 97.3 Å². The number of nitrogens with zero attached hydrogens (tertiary/aromatic N) is 4. The highest BCUT2D eigenvalue weighted by Crippen LogP contribution is 2.44. The Bertz CT molecular complexity index is 1560. The molecule has 0 aliphatic carbocycles. The number of hydrogen-bond acceptors (Lipinski definition) is 7. The van der Waals surface area contributed by atoms with E-state index in [0.29, 0.717) is 17.9 Å². The number of nitrogens with one attached hydrogen (secondary N) is 3. The van der Waals surface area contributed by atoms with E-state index in [2.05, 4.69) is 72.9 Å². The Hall–Kier alpha value is -4.21. The third-order valence-electron chi connectivity index (χ3n) is 8.16. The molecule has 9 nitrogen and oxygen atoms in total. The second kappa shape index (κ2) is 10.4. The van der Waals surface area contributed by atoms with Crippen LogP contribution in [0.5, 0.6) is 0 Å². The normalized spacial score (nSPS) is 17.0. The van der Waals surface area contributed by atoms with Gasteiger partial charge in [0.1, 0.15) is 0 Å². The molecule has 3 aliphatic heterocycles. The molecule has 1 saturated heterocycles. The van der Waals surface area contributed by atoms with Crippen LogP contribution in [0.1, 0.15) is 35.3 Å². The molecule has 0 radical (unpaired) electrons. The first-order valence-electron chi connectivity index (χ1n) is 14.1. The van der Waals surface area contributed by atoms with Gasteiger partial charge < -0.3 is 30.5 Å². The number of anilines is 4. The van der Waals surface area contributed by atoms with Crippen LogP contribution in [0.2, 0.25) is 0 Å². The van der Waals surface area contributed by atoms with E-state index in [1.807, 2.05) is 12.1 Å². The zero-order valence-corrected chi connectivity index (χ0v) is 22.4. The maximum atomic E-state index is 12.3. The number of amides is 1. The third-order valence-corrected chi connectivity index (χ3v) is 8.16. The average molecular weight is 536 g/mol. The summed E-state index contributed by atoms with van der Waals surface area (Å²) in [5.41, 5.74) is 8.58. The maximum Gasteiger partial charge on any atom is 0.253 e. The van der Waals surface area contributed by atoms with Crippen molar-refractivity contribution in [2.24, 2.45) is 0 Å². The minimum absolute atomic E-state index is 0.0431. The quantitative estimate of drug-likeness (QED) is 0.289. The first kappa shape index (κ1) is 24.8. The molecule has 0 saturated carbocycles. The first-order valence-corrected chi connectivity index (χ1v) is 14.1. The van der Waals surface area contributed by atoms with Crippen LogP contribution < -0.4 is 15.5 Å². The van der Waals surface area contributed by atoms with E-state index < -0.39 is 0 Å². The molecule has 0 spiro atoms. The van der Waals surface area contributed by atoms with Gasteiger partial charge in [0.05, 0.1) is 45.8 Å². The van der Waals surface area contributed by atoms with E-state index in [9.17, 15) is 9.90 Å². The van der Waals surface area contributed by atoms with Crippen LogP contribution in [-0.4, -0.2) is 69.7 Å². The van der Waals surface area contributed by atoms with Gasteiger partial charge in [-0.15, -0.1) is 0 Å². The Morgan fingerprint density at radius 1 is 0.975 bits per heavy atom. The highest BCUT2D eigenvalue weighted by atomic mass is 16.3. The number of hydrogen-bond donors (Lipinski definition) is 4. The van der Waals surface area contributed by atoms with Gasteiger partial charge in [-0.05, 0) is 68.3 Å². The maximum absolute atomic E-state index is 12.3. The van der Waals surface area contributed by atoms with Gasteiger partial charge in [0.2, 0.25) is 0 Å². The number of aliphatic hydroxyl groups excluding tert-OH is 1. The van der Waals surface area contributed by atoms with Crippen molar-refractivity contribution < 1.29 is 9.90 Å². The number of aliphatic hydroxyl groups is 1. The molecule has 0 bridgehead atoms. The summed E-state index contributed by atoms with van der Waals surface area (Å²) in [5.74, 6) is 0.599. The lowest BCUT2D eigenvalue weighted by molar-refractivity contribution is 0.0824. The van der Waals surface area contributed by atoms with Gasteiger partial charge in [-0.25, -0.2) is 9.97 Å². The molecule has 7 rings (SSSR count). The summed E-state index contributed by atoms with van der Waals surface area (Å²) in [4.78, 5) is 30.0. The van der Waals surface area contributed by atoms with E-state index in [1.54, 1.807) is 6.20 Å². The van der Waals surface area contributed by atoms with Crippen LogP contribution in [0, 0.1) is 0 Å². The topological polar surface area (TPSA) is 109 Å². The van der Waals surface area contributed by atoms with E-state index in [4.69, 9.17) is 4.98 Å². The zero-order chi connectivity index (χ0) is 27.1. The minimum atomic E-state index is -0.149. The number of para-hydroxylation sites is 2. The van der Waals surface area contributed by atoms with Gasteiger partial charge in [-0.1, -0.05) is 12.1 Å². The Balaban J connectivity index is 1.17. The van der Waals surface area contributed by atoms with Crippen molar-refractivity contribution in [3.63, 3.8) is 0 Å². The third kappa shape index (κ3) is 4.71. The smallest absolute Gasteiger partial charge is 0.253 e. The van der Waals surface area contributed by atoms with Crippen molar-refractivity contribution in [1.29, 1.82) is 0 Å². The SMILES string of the molecule is O=C1NCCc2[nH]c(-c3ccnc(-c4ccc5c(c4)N(CCCN4CCC(O)CC4)c4ccccc4N5)n3)cc21. The number of aromatic nitrogens is 3. The predicted molar refractivity (Wildman–Crippen MR) is 156 cm³/mol. The summed E-state index contributed by atoms with van der Waals surface area (Å²) >= 11 is 0. The molecule has 0 unspecified atom stereocenters. The van der Waals surface area contributed by atoms with Crippen molar-refractivity contribution in [2.45, 2.75) is 31.8 Å². The van der Waals surface area contributed by atoms with Crippen LogP contribution in [0.15, 0.2) is 60.8 Å². The van der Waals surface area contributed by atoms with Crippen molar-refractivity contribution in [3.8, 4) is 22.8 Å². The summed E-state index contributed by atoms with van der Waals surface area (Å²) < 4.78 is 0. The van der Waals surface area contributed by atoms with Gasteiger partial charge in [0.25, 0.3) is 5.91 Å². The summed E-state index contributed by atoms with van der Waals surface area (Å²) in [6.45, 7) is 4.46. The largest absolute Gasteiger partial charge is 0.393 e. The van der Waals surface area contributed by atoms with Crippen LogP contribution >= 0.6 is 0 Å². The number of fused-ring (bicyclic) bond motifs is 3. The van der Waals surface area contributed by atoms with Crippen molar-refractivity contribution in [1.82, 2.24) is 25.2 Å². The molecule has 9 heteroatoms. The van der Waals surface area contributed by atoms with Crippen LogP contribution in [-0.2, 0) is 6.42 Å². The number of aromatic amines is 1. The average Bonchev–Trinajstić information content (AvgIpc) is 3.44. The molecular formula is C31H33N7O2. The van der Waals surface area contributed by atoms with E-state index in [1.165, 1.54) is 0 Å². The number of piperidine rings is 1. The Kier molecular flexibility index (Phi) is 6.45. The molecule has 5 heterocycles. The number of carbonyl (C=O) groups excluding carboxylic acids is 1. The van der Waals surface area contributed by atoms with Gasteiger partial charge in [0.15, 0.2) is 5.82 Å². The summed E-state index contributed by atoms with van der Waals surface area (Å²) in [6, 6.07) is 18.5. The second-order valence-corrected chi connectivity index (χ2v) is 10.8. The zero-order valence-electron chi connectivity index (χ0n) is 22.4. The Morgan fingerprint density at radius 2 is 1.82 bits per heavy atom. The lowest BCUT2D eigenvalue weighted by Gasteiger charge is -2.35. The highest BCUT2D eigenvalue weighted by Gasteiger charge is 2.25. The van der Waals surface area contributed by atoms with Crippen LogP contribution in [0.3, 0.4) is 0 Å². The van der Waals surface area contributed by atoms with Gasteiger partial charge in [0, 0.05) is 50.1 Å². The van der Waals surface area contributed by atoms with Crippen molar-refractivity contribution >= 4 is 28.7 Å². The van der Waals surface area contributed by atoms with Crippen molar-refractivity contribution in [3.05, 3.63) is 72.1 Å². The molecule has 2 aromatic carbocycles. The van der Waals surface area contributed by atoms with Crippen LogP contribution in [0.25, 0.3) is 22.8 Å². The summed E-state index contributed by atoms with van der Waals surface area (Å²) in [6.07, 6.45) is 5.15. The number of H-pyrrole nitrogens is 1. The lowest BCUT2D eigenvalue weighted by atomic mass is 10.1. The van der Waals surface area contributed by atoms with Gasteiger partial charge in [-0.2, -0.15) is 0 Å². The fourth-order valence-corrected chi connectivity index (χ4v) is 6.00. The minimum Gasteiger partial charge on any atom is -0.393 e. The monoisotopic (exact) mass is 535 g/mol. The molecule has 3 aliphatic rings. The molecule has 4 aromatic rings. The summed E-state index contributed by atoms with van der Waals surface area (Å²) in [5, 5.41) is 16.4. The molecule has 0 atom stereocenters. The predicted octanol–water partition coefficient (Wildman–Crippen LogP) is 4.47. The standard InChI is InChI=1S/C31H33N7O2/c39-21-10-16-37(17-11-21)14-3-15-38-28-5-2-1-4-25(28)35-26-7-6-20(18-29(26)38)30-32-12-9-24(36-30)27-19-22-23(34-27)8-13-33-31(22)40/h1-2,4-7,9,12,18-19,21,34-35,39H,3,8,10-11,13-17H2,(H,33,40). The lowest BCUT2D eigenvalue weighted by Crippen LogP contribution is -2.37. The molecule has 204 valence electrons. The highest BCUT2D eigenvalue weighted by molar-refractivity contribution is 5.97. The van der Waals surface area contributed by atoms with E-state index >= 15 is 0 Å². The molecule has 1 fully saturated rings. The number of rotatable bonds is 6. The fourth-order valence-electron chi connectivity index (χ4n) is 6.00. The van der Waals surface area contributed by atoms with Crippen LogP contribution in [0.4, 0.5) is 22.7 Å². The Labute approximate surface area is 233 Å². The molecule has 1 amide bonds. The molecule has 40 heavy (non-hydrogen) atoms. The molecular weight excluding hydrogens is 502 g/mol. The van der Waals surface area contributed by atoms with Gasteiger partial charge >= 0.3 is 0 Å².